The summed E-state index contributed by atoms with van der Waals surface area (Å²) in [5.74, 6) is 0. The molecule has 0 bridgehead atoms. The zero-order valence-electron chi connectivity index (χ0n) is 5.27. The van der Waals surface area contributed by atoms with E-state index in [1.54, 1.807) is 0 Å². The molecule has 2 radical (unpaired) electrons. The highest BCUT2D eigenvalue weighted by Crippen LogP contribution is 1.91. The first-order valence-corrected chi connectivity index (χ1v) is 2.82. The average molecular weight is 127 g/mol. The van der Waals surface area contributed by atoms with E-state index in [-0.39, 0.29) is 28.5 Å². The van der Waals surface area contributed by atoms with Crippen LogP contribution in [-0.4, -0.2) is 41.6 Å². The molecule has 1 fully saturated rings. The summed E-state index contributed by atoms with van der Waals surface area (Å²) >= 11 is 0. The van der Waals surface area contributed by atoms with Crippen LogP contribution in [-0.2, 0) is 0 Å². The Kier molecular flexibility index (Phi) is 11.0. The second-order valence-corrected chi connectivity index (χ2v) is 1.93. The molecule has 1 heterocycles. The van der Waals surface area contributed by atoms with Crippen LogP contribution in [0.25, 0.3) is 0 Å². The van der Waals surface area contributed by atoms with Crippen LogP contribution in [0, 0.1) is 0 Å². The maximum atomic E-state index is 2.39. The maximum absolute atomic E-state index is 2.39. The van der Waals surface area contributed by atoms with Gasteiger partial charge in [0.15, 0.2) is 0 Å². The minimum Gasteiger partial charge on any atom is -0.870 e. The highest BCUT2D eigenvalue weighted by Gasteiger charge is 1.97. The Balaban J connectivity index is 0. The normalized spacial score (nSPS) is 18.0. The molecule has 0 spiro atoms. The quantitative estimate of drug-likeness (QED) is 0.425. The van der Waals surface area contributed by atoms with Crippen molar-refractivity contribution in [1.82, 2.24) is 0 Å². The predicted molar refractivity (Wildman–Crippen MR) is 33.2 cm³/mol. The van der Waals surface area contributed by atoms with Gasteiger partial charge in [-0.15, -0.1) is 0 Å². The molecule has 3 heteroatoms. The van der Waals surface area contributed by atoms with Crippen LogP contribution >= 0.6 is 0 Å². The predicted octanol–water partition coefficient (Wildman–Crippen LogP) is -0.824. The minimum atomic E-state index is 0. The van der Waals surface area contributed by atoms with Gasteiger partial charge in [-0.2, -0.15) is 0 Å². The van der Waals surface area contributed by atoms with Crippen molar-refractivity contribution in [2.75, 3.05) is 13.1 Å². The van der Waals surface area contributed by atoms with E-state index in [1.165, 1.54) is 32.4 Å². The minimum absolute atomic E-state index is 0. The van der Waals surface area contributed by atoms with Gasteiger partial charge in [-0.25, -0.2) is 0 Å². The SMILES string of the molecule is C1CC[NH2+]CC1.[Mg].[OH-]. The Morgan fingerprint density at radius 3 is 1.50 bits per heavy atom. The topological polar surface area (TPSA) is 46.6 Å². The van der Waals surface area contributed by atoms with E-state index in [9.17, 15) is 0 Å². The number of hydrogen-bond acceptors (Lipinski definition) is 1. The number of nitrogens with two attached hydrogens (primary N) is 1. The lowest BCUT2D eigenvalue weighted by molar-refractivity contribution is -0.662. The zero-order chi connectivity index (χ0) is 4.24. The van der Waals surface area contributed by atoms with Crippen LogP contribution in [0.3, 0.4) is 0 Å². The Morgan fingerprint density at radius 1 is 0.875 bits per heavy atom. The molecule has 0 aliphatic carbocycles. The molecule has 0 amide bonds. The summed E-state index contributed by atoms with van der Waals surface area (Å²) in [5, 5.41) is 2.39. The molecule has 3 N–H and O–H groups in total. The van der Waals surface area contributed by atoms with E-state index < -0.39 is 0 Å². The Hall–Kier alpha value is 0.686. The van der Waals surface area contributed by atoms with Gasteiger partial charge < -0.3 is 10.8 Å². The van der Waals surface area contributed by atoms with Crippen molar-refractivity contribution in [2.24, 2.45) is 0 Å². The highest BCUT2D eigenvalue weighted by atomic mass is 24.3. The fraction of sp³-hybridized carbons (Fsp3) is 1.00. The van der Waals surface area contributed by atoms with E-state index >= 15 is 0 Å². The van der Waals surface area contributed by atoms with E-state index in [1.807, 2.05) is 0 Å². The van der Waals surface area contributed by atoms with Crippen LogP contribution in [0.2, 0.25) is 0 Å². The third-order valence-corrected chi connectivity index (χ3v) is 1.32. The number of quaternary nitrogens is 1. The van der Waals surface area contributed by atoms with Crippen molar-refractivity contribution in [2.45, 2.75) is 19.3 Å². The Bertz CT molecular complexity index is 27.9. The molecule has 0 atom stereocenters. The molecule has 1 saturated heterocycles. The molecular weight excluding hydrogens is 114 g/mol. The number of rotatable bonds is 0. The fourth-order valence-electron chi connectivity index (χ4n) is 0.898. The third-order valence-electron chi connectivity index (χ3n) is 1.32. The van der Waals surface area contributed by atoms with E-state index in [2.05, 4.69) is 5.32 Å². The van der Waals surface area contributed by atoms with E-state index in [4.69, 9.17) is 0 Å². The van der Waals surface area contributed by atoms with Gasteiger partial charge in [0.25, 0.3) is 0 Å². The molecule has 1 aliphatic heterocycles. The summed E-state index contributed by atoms with van der Waals surface area (Å²) in [6.45, 7) is 2.75. The van der Waals surface area contributed by atoms with Gasteiger partial charge in [0, 0.05) is 23.1 Å². The maximum Gasteiger partial charge on any atom is 0.0755 e. The van der Waals surface area contributed by atoms with Crippen molar-refractivity contribution in [3.63, 3.8) is 0 Å². The highest BCUT2D eigenvalue weighted by molar-refractivity contribution is 5.75. The molecule has 8 heavy (non-hydrogen) atoms. The van der Waals surface area contributed by atoms with Crippen molar-refractivity contribution in [1.29, 1.82) is 0 Å². The summed E-state index contributed by atoms with van der Waals surface area (Å²) < 4.78 is 0. The summed E-state index contributed by atoms with van der Waals surface area (Å²) in [4.78, 5) is 0. The standard InChI is InChI=1S/C5H11N.Mg.H2O/c1-2-4-6-5-3-1;;/h6H,1-5H2;;1H2. The summed E-state index contributed by atoms with van der Waals surface area (Å²) in [6.07, 6.45) is 4.36. The lowest BCUT2D eigenvalue weighted by atomic mass is 10.2. The molecule has 46 valence electrons. The lowest BCUT2D eigenvalue weighted by Crippen LogP contribution is -2.85. The fourth-order valence-corrected chi connectivity index (χ4v) is 0.898. The summed E-state index contributed by atoms with van der Waals surface area (Å²) in [7, 11) is 0. The first-order valence-electron chi connectivity index (χ1n) is 2.82. The van der Waals surface area contributed by atoms with E-state index in [0.29, 0.717) is 0 Å². The van der Waals surface area contributed by atoms with Crippen LogP contribution in [0.5, 0.6) is 0 Å². The van der Waals surface area contributed by atoms with Gasteiger partial charge in [0.1, 0.15) is 0 Å². The van der Waals surface area contributed by atoms with Gasteiger partial charge in [0.2, 0.25) is 0 Å². The third kappa shape index (κ3) is 4.84. The zero-order valence-corrected chi connectivity index (χ0v) is 6.68. The van der Waals surface area contributed by atoms with Crippen molar-refractivity contribution in [3.05, 3.63) is 0 Å². The smallest absolute Gasteiger partial charge is 0.0755 e. The Morgan fingerprint density at radius 2 is 1.38 bits per heavy atom. The molecule has 1 aliphatic rings. The molecule has 0 aromatic rings. The number of hydrogen-bond donors (Lipinski definition) is 1. The molecule has 0 saturated carbocycles. The van der Waals surface area contributed by atoms with Gasteiger partial charge >= 0.3 is 0 Å². The van der Waals surface area contributed by atoms with Crippen molar-refractivity contribution >= 4 is 23.1 Å². The molecule has 0 unspecified atom stereocenters. The van der Waals surface area contributed by atoms with Gasteiger partial charge in [-0.05, 0) is 19.3 Å². The second kappa shape index (κ2) is 7.69. The average Bonchev–Trinajstić information content (AvgIpc) is 1.72. The van der Waals surface area contributed by atoms with Gasteiger partial charge in [0.05, 0.1) is 13.1 Å². The molecular formula is C5H13MgNO. The van der Waals surface area contributed by atoms with Crippen LogP contribution < -0.4 is 5.32 Å². The van der Waals surface area contributed by atoms with Gasteiger partial charge in [-0.1, -0.05) is 0 Å². The second-order valence-electron chi connectivity index (χ2n) is 1.93. The van der Waals surface area contributed by atoms with Crippen LogP contribution in [0.4, 0.5) is 0 Å². The number of piperidine rings is 1. The first-order chi connectivity index (χ1) is 3.00. The Labute approximate surface area is 66.5 Å². The molecule has 1 rings (SSSR count). The lowest BCUT2D eigenvalue weighted by Gasteiger charge is -2.05. The monoisotopic (exact) mass is 127 g/mol. The van der Waals surface area contributed by atoms with E-state index in [0.717, 1.165) is 0 Å². The summed E-state index contributed by atoms with van der Waals surface area (Å²) in [5.41, 5.74) is 0. The summed E-state index contributed by atoms with van der Waals surface area (Å²) in [6, 6.07) is 0. The molecule has 0 aromatic carbocycles. The van der Waals surface area contributed by atoms with Crippen molar-refractivity contribution in [3.8, 4) is 0 Å². The van der Waals surface area contributed by atoms with Crippen molar-refractivity contribution < 1.29 is 10.8 Å². The van der Waals surface area contributed by atoms with Crippen LogP contribution in [0.15, 0.2) is 0 Å². The largest absolute Gasteiger partial charge is 0.870 e. The van der Waals surface area contributed by atoms with Gasteiger partial charge in [-0.3, -0.25) is 0 Å². The first kappa shape index (κ1) is 11.5. The molecule has 2 nitrogen and oxygen atoms in total. The van der Waals surface area contributed by atoms with Crippen LogP contribution in [0.1, 0.15) is 19.3 Å². The molecule has 0 aromatic heterocycles.